The van der Waals surface area contributed by atoms with Crippen LogP contribution in [0, 0.1) is 40.5 Å². The zero-order valence-corrected chi connectivity index (χ0v) is 12.4. The van der Waals surface area contributed by atoms with Crippen LogP contribution in [-0.2, 0) is 16.1 Å². The maximum Gasteiger partial charge on any atom is 0.310 e. The molecule has 0 spiro atoms. The quantitative estimate of drug-likeness (QED) is 0.274. The molecular weight excluding hydrogens is 300 g/mol. The van der Waals surface area contributed by atoms with Crippen LogP contribution < -0.4 is 0 Å². The second-order valence-corrected chi connectivity index (χ2v) is 5.92. The number of hydrogen-bond donors (Lipinski definition) is 0. The Hall–Kier alpha value is -1.85. The van der Waals surface area contributed by atoms with Crippen molar-refractivity contribution >= 4 is 5.97 Å². The number of benzene rings is 1. The Labute approximate surface area is 125 Å². The van der Waals surface area contributed by atoms with Crippen molar-refractivity contribution in [3.8, 4) is 0 Å². The second kappa shape index (κ2) is 5.74. The highest BCUT2D eigenvalue weighted by atomic mass is 19.2. The van der Waals surface area contributed by atoms with Crippen LogP contribution in [0.5, 0.6) is 0 Å². The monoisotopic (exact) mass is 316 g/mol. The van der Waals surface area contributed by atoms with Gasteiger partial charge in [-0.05, 0) is 24.3 Å². The number of halogens is 4. The van der Waals surface area contributed by atoms with Gasteiger partial charge in [-0.2, -0.15) is 0 Å². The van der Waals surface area contributed by atoms with E-state index >= 15 is 0 Å². The summed E-state index contributed by atoms with van der Waals surface area (Å²) in [6, 6.07) is 0.489. The summed E-state index contributed by atoms with van der Waals surface area (Å²) < 4.78 is 57.4. The first-order valence-electron chi connectivity index (χ1n) is 6.83. The molecule has 0 saturated heterocycles. The molecule has 2 nitrogen and oxygen atoms in total. The van der Waals surface area contributed by atoms with Gasteiger partial charge in [0.05, 0.1) is 5.92 Å². The summed E-state index contributed by atoms with van der Waals surface area (Å²) in [4.78, 5) is 12.0. The number of carbonyl (C=O) groups excluding carboxylic acids is 1. The van der Waals surface area contributed by atoms with Gasteiger partial charge in [0.2, 0.25) is 0 Å². The number of ether oxygens (including phenoxy) is 1. The highest BCUT2D eigenvalue weighted by molar-refractivity contribution is 5.78. The topological polar surface area (TPSA) is 26.3 Å². The molecule has 6 heteroatoms. The second-order valence-electron chi connectivity index (χ2n) is 5.92. The summed E-state index contributed by atoms with van der Waals surface area (Å²) in [5.41, 5.74) is -0.813. The first kappa shape index (κ1) is 16.5. The summed E-state index contributed by atoms with van der Waals surface area (Å²) >= 11 is 0. The van der Waals surface area contributed by atoms with Gasteiger partial charge in [-0.1, -0.05) is 26.0 Å². The van der Waals surface area contributed by atoms with Crippen LogP contribution in [0.3, 0.4) is 0 Å². The molecule has 1 aromatic rings. The zero-order chi connectivity index (χ0) is 16.7. The van der Waals surface area contributed by atoms with E-state index in [9.17, 15) is 22.4 Å². The van der Waals surface area contributed by atoms with Crippen molar-refractivity contribution < 1.29 is 27.1 Å². The van der Waals surface area contributed by atoms with Crippen molar-refractivity contribution in [1.82, 2.24) is 0 Å². The van der Waals surface area contributed by atoms with E-state index in [1.807, 2.05) is 32.9 Å². The molecule has 22 heavy (non-hydrogen) atoms. The summed E-state index contributed by atoms with van der Waals surface area (Å²) in [6.07, 6.45) is 3.70. The molecule has 2 atom stereocenters. The Morgan fingerprint density at radius 2 is 1.86 bits per heavy atom. The standard InChI is InChI=1S/C16H16F4O2/c1-4-5-9-11(16(9,2)3)15(21)22-7-8-6-10(17)13(19)14(20)12(8)18/h4-6,9,11H,7H2,1-3H3/b5-4-. The molecule has 0 N–H and O–H groups in total. The fraction of sp³-hybridized carbons (Fsp3) is 0.438. The minimum absolute atomic E-state index is 0.0107. The molecule has 2 rings (SSSR count). The lowest BCUT2D eigenvalue weighted by Crippen LogP contribution is -2.12. The number of allylic oxidation sites excluding steroid dienone is 2. The van der Waals surface area contributed by atoms with Gasteiger partial charge in [0.1, 0.15) is 6.61 Å². The van der Waals surface area contributed by atoms with Gasteiger partial charge < -0.3 is 4.74 Å². The lowest BCUT2D eigenvalue weighted by molar-refractivity contribution is -0.147. The lowest BCUT2D eigenvalue weighted by atomic mass is 10.1. The fourth-order valence-corrected chi connectivity index (χ4v) is 2.66. The highest BCUT2D eigenvalue weighted by Crippen LogP contribution is 2.59. The smallest absolute Gasteiger partial charge is 0.310 e. The van der Waals surface area contributed by atoms with Gasteiger partial charge in [-0.3, -0.25) is 4.79 Å². The summed E-state index contributed by atoms with van der Waals surface area (Å²) in [5, 5.41) is 0. The molecule has 0 aromatic heterocycles. The van der Waals surface area contributed by atoms with E-state index in [2.05, 4.69) is 0 Å². The van der Waals surface area contributed by atoms with Crippen molar-refractivity contribution in [2.24, 2.45) is 17.3 Å². The number of carbonyl (C=O) groups is 1. The molecule has 0 radical (unpaired) electrons. The molecule has 0 amide bonds. The fourth-order valence-electron chi connectivity index (χ4n) is 2.66. The molecule has 1 aliphatic rings. The molecule has 1 aliphatic carbocycles. The lowest BCUT2D eigenvalue weighted by Gasteiger charge is -2.08. The van der Waals surface area contributed by atoms with E-state index in [4.69, 9.17) is 4.74 Å². The van der Waals surface area contributed by atoms with Gasteiger partial charge in [-0.15, -0.1) is 0 Å². The maximum absolute atomic E-state index is 13.5. The maximum atomic E-state index is 13.5. The molecule has 120 valence electrons. The number of esters is 1. The van der Waals surface area contributed by atoms with Crippen molar-refractivity contribution in [3.63, 3.8) is 0 Å². The first-order chi connectivity index (χ1) is 10.2. The van der Waals surface area contributed by atoms with Crippen molar-refractivity contribution in [2.45, 2.75) is 27.4 Å². The van der Waals surface area contributed by atoms with E-state index in [-0.39, 0.29) is 17.3 Å². The minimum Gasteiger partial charge on any atom is -0.460 e. The van der Waals surface area contributed by atoms with Gasteiger partial charge in [0, 0.05) is 5.56 Å². The average molecular weight is 316 g/mol. The van der Waals surface area contributed by atoms with E-state index < -0.39 is 41.4 Å². The Bertz CT molecular complexity index is 638. The molecule has 1 aromatic carbocycles. The first-order valence-corrected chi connectivity index (χ1v) is 6.83. The Kier molecular flexibility index (Phi) is 4.31. The van der Waals surface area contributed by atoms with Crippen LogP contribution in [0.4, 0.5) is 17.6 Å². The third-order valence-corrected chi connectivity index (χ3v) is 4.11. The largest absolute Gasteiger partial charge is 0.460 e. The Balaban J connectivity index is 2.07. The SMILES string of the molecule is C/C=C\C1C(C(=O)OCc2cc(F)c(F)c(F)c2F)C1(C)C. The summed E-state index contributed by atoms with van der Waals surface area (Å²) in [6.45, 7) is 4.97. The van der Waals surface area contributed by atoms with Gasteiger partial charge in [0.15, 0.2) is 23.3 Å². The third kappa shape index (κ3) is 2.74. The van der Waals surface area contributed by atoms with Crippen molar-refractivity contribution in [2.75, 3.05) is 0 Å². The molecule has 0 aliphatic heterocycles. The van der Waals surface area contributed by atoms with Crippen LogP contribution in [0.25, 0.3) is 0 Å². The van der Waals surface area contributed by atoms with Crippen LogP contribution in [0.15, 0.2) is 18.2 Å². The number of hydrogen-bond acceptors (Lipinski definition) is 2. The van der Waals surface area contributed by atoms with E-state index in [1.54, 1.807) is 0 Å². The third-order valence-electron chi connectivity index (χ3n) is 4.11. The van der Waals surface area contributed by atoms with E-state index in [0.29, 0.717) is 6.07 Å². The van der Waals surface area contributed by atoms with Crippen LogP contribution in [0.2, 0.25) is 0 Å². The highest BCUT2D eigenvalue weighted by Gasteiger charge is 2.61. The predicted octanol–water partition coefficient (Wildman–Crippen LogP) is 4.13. The molecule has 0 bridgehead atoms. The normalized spacial score (nSPS) is 22.9. The van der Waals surface area contributed by atoms with Crippen molar-refractivity contribution in [3.05, 3.63) is 47.1 Å². The summed E-state index contributed by atoms with van der Waals surface area (Å²) in [5.74, 6) is -7.82. The average Bonchev–Trinajstić information content (AvgIpc) is 3.00. The predicted molar refractivity (Wildman–Crippen MR) is 71.6 cm³/mol. The molecule has 1 fully saturated rings. The molecule has 0 heterocycles. The Morgan fingerprint density at radius 1 is 1.23 bits per heavy atom. The number of rotatable bonds is 4. The van der Waals surface area contributed by atoms with Crippen LogP contribution in [-0.4, -0.2) is 5.97 Å². The molecule has 1 saturated carbocycles. The van der Waals surface area contributed by atoms with E-state index in [1.165, 1.54) is 0 Å². The summed E-state index contributed by atoms with van der Waals surface area (Å²) in [7, 11) is 0. The Morgan fingerprint density at radius 3 is 2.45 bits per heavy atom. The van der Waals surface area contributed by atoms with Gasteiger partial charge in [-0.25, -0.2) is 17.6 Å². The van der Waals surface area contributed by atoms with Gasteiger partial charge in [0.25, 0.3) is 0 Å². The zero-order valence-electron chi connectivity index (χ0n) is 12.4. The van der Waals surface area contributed by atoms with Gasteiger partial charge >= 0.3 is 5.97 Å². The van der Waals surface area contributed by atoms with Crippen LogP contribution >= 0.6 is 0 Å². The van der Waals surface area contributed by atoms with Crippen molar-refractivity contribution in [1.29, 1.82) is 0 Å². The van der Waals surface area contributed by atoms with Crippen LogP contribution in [0.1, 0.15) is 26.3 Å². The molecular formula is C16H16F4O2. The van der Waals surface area contributed by atoms with E-state index in [0.717, 1.165) is 0 Å². The minimum atomic E-state index is -1.91. The molecule has 2 unspecified atom stereocenters.